The SMILES string of the molecule is C=CCc1cccc([C@H]2C3=CC[C@@H]4C(=O)N(CCCCCC(=O)O)C(=O)[C@@H]4[C@@H]3C[C@H]3C(=O)N(c4cc(-c5sc6ccc(Cl)cc6c5C)nn4C)C(=O)[C@@]23C)c1O. The van der Waals surface area contributed by atoms with Crippen LogP contribution in [0.15, 0.2) is 66.8 Å². The fraction of sp³-hybridized carbons (Fsp3) is 0.395. The Morgan fingerprint density at radius 3 is 2.61 bits per heavy atom. The zero-order chi connectivity index (χ0) is 39.8. The van der Waals surface area contributed by atoms with Crippen molar-refractivity contribution in [1.29, 1.82) is 0 Å². The number of imide groups is 2. The predicted octanol–water partition coefficient (Wildman–Crippen LogP) is 7.57. The molecule has 2 aromatic carbocycles. The molecule has 2 aliphatic heterocycles. The Bertz CT molecular complexity index is 2400. The van der Waals surface area contributed by atoms with Crippen LogP contribution in [0.2, 0.25) is 5.02 Å². The number of phenolic OH excluding ortho intramolecular Hbond substituents is 1. The molecule has 56 heavy (non-hydrogen) atoms. The molecule has 1 saturated carbocycles. The molecule has 13 heteroatoms. The molecule has 2 aromatic heterocycles. The smallest absolute Gasteiger partial charge is 0.303 e. The molecule has 4 aromatic rings. The molecule has 2 N–H and O–H groups in total. The van der Waals surface area contributed by atoms with Gasteiger partial charge in [-0.25, -0.2) is 4.90 Å². The Morgan fingerprint density at radius 1 is 1.07 bits per heavy atom. The monoisotopic (exact) mass is 794 g/mol. The number of hydrogen-bond donors (Lipinski definition) is 2. The van der Waals surface area contributed by atoms with Crippen LogP contribution in [0.4, 0.5) is 5.82 Å². The van der Waals surface area contributed by atoms with Gasteiger partial charge in [0.25, 0.3) is 0 Å². The highest BCUT2D eigenvalue weighted by molar-refractivity contribution is 7.22. The number of fused-ring (bicyclic) bond motifs is 5. The maximum absolute atomic E-state index is 15.2. The lowest BCUT2D eigenvalue weighted by Crippen LogP contribution is -2.49. The molecule has 290 valence electrons. The molecule has 4 aliphatic rings. The van der Waals surface area contributed by atoms with Gasteiger partial charge < -0.3 is 10.2 Å². The Balaban J connectivity index is 1.19. The summed E-state index contributed by atoms with van der Waals surface area (Å²) in [6, 6.07) is 12.9. The maximum Gasteiger partial charge on any atom is 0.303 e. The molecule has 11 nitrogen and oxygen atoms in total. The number of amides is 4. The van der Waals surface area contributed by atoms with E-state index in [4.69, 9.17) is 21.8 Å². The number of carboxylic acid groups (broad SMARTS) is 1. The van der Waals surface area contributed by atoms with Crippen molar-refractivity contribution in [3.8, 4) is 16.3 Å². The van der Waals surface area contributed by atoms with Gasteiger partial charge in [-0.1, -0.05) is 53.9 Å². The van der Waals surface area contributed by atoms with Crippen molar-refractivity contribution in [2.45, 2.75) is 64.7 Å². The van der Waals surface area contributed by atoms with E-state index in [1.165, 1.54) is 9.80 Å². The van der Waals surface area contributed by atoms with Gasteiger partial charge in [0.15, 0.2) is 0 Å². The second kappa shape index (κ2) is 14.1. The summed E-state index contributed by atoms with van der Waals surface area (Å²) in [5.41, 5.74) is 2.16. The highest BCUT2D eigenvalue weighted by atomic mass is 35.5. The first-order valence-corrected chi connectivity index (χ1v) is 20.3. The minimum absolute atomic E-state index is 0.0136. The first-order chi connectivity index (χ1) is 26.8. The summed E-state index contributed by atoms with van der Waals surface area (Å²) in [7, 11) is 1.71. The number of carbonyl (C=O) groups is 5. The Morgan fingerprint density at radius 2 is 1.86 bits per heavy atom. The van der Waals surface area contributed by atoms with Gasteiger partial charge in [-0.3, -0.25) is 33.6 Å². The second-order valence-electron chi connectivity index (χ2n) is 15.7. The number of aryl methyl sites for hydroxylation is 2. The number of benzene rings is 2. The number of allylic oxidation sites excluding steroid dienone is 3. The van der Waals surface area contributed by atoms with Crippen LogP contribution in [0.3, 0.4) is 0 Å². The molecule has 6 atom stereocenters. The van der Waals surface area contributed by atoms with Crippen LogP contribution in [0, 0.1) is 36.0 Å². The Hall–Kier alpha value is -5.07. The summed E-state index contributed by atoms with van der Waals surface area (Å²) in [4.78, 5) is 72.6. The molecule has 0 spiro atoms. The molecule has 0 radical (unpaired) electrons. The van der Waals surface area contributed by atoms with Crippen LogP contribution in [-0.4, -0.2) is 61.0 Å². The highest BCUT2D eigenvalue weighted by Crippen LogP contribution is 2.64. The standard InChI is InChI=1S/C43H43ClN4O7S/c1-5-10-23-11-9-12-27(37(23)51)36-25-15-16-26-35(41(54)47(39(26)52)18-8-6-7-13-34(49)50)29(25)20-30-40(53)48(42(55)43(30,36)3)33-21-31(45-46(33)4)38-22(2)28-19-24(44)14-17-32(28)56-38/h5,9,11-12,14-15,17,19,21,26,29-30,35-36,51H,1,6-8,10,13,16,18,20H2,2-4H3,(H,49,50)/t26-,29+,30-,35-,36+,43+/m0/s1. The molecular formula is C43H43ClN4O7S. The normalized spacial score (nSPS) is 25.8. The van der Waals surface area contributed by atoms with E-state index in [0.717, 1.165) is 26.1 Å². The number of likely N-dealkylation sites (tertiary alicyclic amines) is 1. The van der Waals surface area contributed by atoms with E-state index >= 15 is 4.79 Å². The van der Waals surface area contributed by atoms with E-state index < -0.39 is 52.8 Å². The number of nitrogens with zero attached hydrogens (tertiary/aromatic N) is 4. The number of aliphatic carboxylic acids is 1. The van der Waals surface area contributed by atoms with Crippen LogP contribution >= 0.6 is 22.9 Å². The van der Waals surface area contributed by atoms with Gasteiger partial charge in [-0.15, -0.1) is 17.9 Å². The van der Waals surface area contributed by atoms with Crippen molar-refractivity contribution in [3.05, 3.63) is 88.5 Å². The van der Waals surface area contributed by atoms with E-state index in [9.17, 15) is 24.3 Å². The first-order valence-electron chi connectivity index (χ1n) is 19.1. The number of halogens is 1. The van der Waals surface area contributed by atoms with Crippen LogP contribution in [0.1, 0.15) is 68.1 Å². The third-order valence-corrected chi connectivity index (χ3v) is 14.2. The lowest BCUT2D eigenvalue weighted by Gasteiger charge is -2.49. The summed E-state index contributed by atoms with van der Waals surface area (Å²) in [6.45, 7) is 7.84. The average molecular weight is 795 g/mol. The minimum atomic E-state index is -1.35. The summed E-state index contributed by atoms with van der Waals surface area (Å²) in [5.74, 6) is -5.44. The summed E-state index contributed by atoms with van der Waals surface area (Å²) >= 11 is 7.87. The van der Waals surface area contributed by atoms with Gasteiger partial charge >= 0.3 is 5.97 Å². The third kappa shape index (κ3) is 5.74. The largest absolute Gasteiger partial charge is 0.507 e. The first kappa shape index (κ1) is 37.8. The number of carboxylic acids is 1. The summed E-state index contributed by atoms with van der Waals surface area (Å²) < 4.78 is 2.59. The number of rotatable bonds is 11. The highest BCUT2D eigenvalue weighted by Gasteiger charge is 2.68. The molecule has 3 fully saturated rings. The zero-order valence-corrected chi connectivity index (χ0v) is 33.0. The van der Waals surface area contributed by atoms with E-state index in [2.05, 4.69) is 6.58 Å². The molecule has 2 saturated heterocycles. The van der Waals surface area contributed by atoms with Gasteiger partial charge in [0.1, 0.15) is 17.3 Å². The molecular weight excluding hydrogens is 752 g/mol. The van der Waals surface area contributed by atoms with E-state index in [-0.39, 0.29) is 43.4 Å². The van der Waals surface area contributed by atoms with Crippen molar-refractivity contribution < 1.29 is 34.2 Å². The Kier molecular flexibility index (Phi) is 9.56. The number of carbonyl (C=O) groups excluding carboxylic acids is 4. The van der Waals surface area contributed by atoms with Gasteiger partial charge in [-0.2, -0.15) is 5.10 Å². The van der Waals surface area contributed by atoms with E-state index in [1.54, 1.807) is 54.3 Å². The minimum Gasteiger partial charge on any atom is -0.507 e. The number of para-hydroxylation sites is 1. The number of aromatic hydroxyl groups is 1. The number of anilines is 1. The lowest BCUT2D eigenvalue weighted by molar-refractivity contribution is -0.141. The fourth-order valence-electron chi connectivity index (χ4n) is 9.97. The zero-order valence-electron chi connectivity index (χ0n) is 31.5. The Labute approximate surface area is 333 Å². The van der Waals surface area contributed by atoms with Crippen LogP contribution < -0.4 is 4.90 Å². The van der Waals surface area contributed by atoms with Crippen molar-refractivity contribution in [2.75, 3.05) is 11.4 Å². The van der Waals surface area contributed by atoms with Crippen molar-refractivity contribution in [2.24, 2.45) is 36.1 Å². The quantitative estimate of drug-likeness (QED) is 0.0897. The van der Waals surface area contributed by atoms with Gasteiger partial charge in [-0.05, 0) is 86.6 Å². The molecule has 4 heterocycles. The maximum atomic E-state index is 15.2. The molecule has 0 unspecified atom stereocenters. The number of thiophene rings is 1. The lowest BCUT2D eigenvalue weighted by atomic mass is 9.51. The molecule has 4 amide bonds. The van der Waals surface area contributed by atoms with Gasteiger partial charge in [0.2, 0.25) is 23.6 Å². The van der Waals surface area contributed by atoms with Crippen LogP contribution in [-0.2, 0) is 37.4 Å². The van der Waals surface area contributed by atoms with Crippen LogP contribution in [0.25, 0.3) is 20.7 Å². The van der Waals surface area contributed by atoms with Gasteiger partial charge in [0.05, 0.1) is 28.0 Å². The van der Waals surface area contributed by atoms with Crippen molar-refractivity contribution in [1.82, 2.24) is 14.7 Å². The van der Waals surface area contributed by atoms with E-state index in [1.807, 2.05) is 37.3 Å². The molecule has 2 aliphatic carbocycles. The number of hydrogen-bond acceptors (Lipinski definition) is 8. The average Bonchev–Trinajstić information content (AvgIpc) is 3.83. The predicted molar refractivity (Wildman–Crippen MR) is 213 cm³/mol. The summed E-state index contributed by atoms with van der Waals surface area (Å²) in [5, 5.41) is 27.3. The van der Waals surface area contributed by atoms with Crippen molar-refractivity contribution in [3.63, 3.8) is 0 Å². The number of aromatic nitrogens is 2. The number of unbranched alkanes of at least 4 members (excludes halogenated alkanes) is 2. The summed E-state index contributed by atoms with van der Waals surface area (Å²) in [6.07, 6.45) is 6.04. The topological polar surface area (TPSA) is 150 Å². The van der Waals surface area contributed by atoms with Crippen LogP contribution in [0.5, 0.6) is 5.75 Å². The van der Waals surface area contributed by atoms with Gasteiger partial charge in [0, 0.05) is 47.3 Å². The number of phenols is 1. The molecule has 8 rings (SSSR count). The molecule has 0 bridgehead atoms. The second-order valence-corrected chi connectivity index (χ2v) is 17.2. The van der Waals surface area contributed by atoms with E-state index in [0.29, 0.717) is 53.3 Å². The van der Waals surface area contributed by atoms with Crippen molar-refractivity contribution >= 4 is 68.4 Å². The third-order valence-electron chi connectivity index (χ3n) is 12.7. The fourth-order valence-corrected chi connectivity index (χ4v) is 11.3.